The van der Waals surface area contributed by atoms with Crippen LogP contribution in [0.2, 0.25) is 5.28 Å². The van der Waals surface area contributed by atoms with Crippen LogP contribution in [0.1, 0.15) is 0 Å². The van der Waals surface area contributed by atoms with Gasteiger partial charge in [0.1, 0.15) is 0 Å². The molecule has 2 aromatic rings. The molecule has 1 heterocycles. The Kier molecular flexibility index (Phi) is 3.12. The van der Waals surface area contributed by atoms with Crippen molar-refractivity contribution in [3.8, 4) is 11.1 Å². The predicted molar refractivity (Wildman–Crippen MR) is 67.6 cm³/mol. The molecular weight excluding hydrogens is 291 g/mol. The van der Waals surface area contributed by atoms with Gasteiger partial charge >= 0.3 is 0 Å². The molecule has 1 aromatic carbocycles. The summed E-state index contributed by atoms with van der Waals surface area (Å²) < 4.78 is 2.24. The van der Waals surface area contributed by atoms with Crippen molar-refractivity contribution in [2.75, 3.05) is 0 Å². The van der Waals surface area contributed by atoms with Crippen LogP contribution in [-0.4, -0.2) is 9.55 Å². The minimum Gasteiger partial charge on any atom is -0.286 e. The smallest absolute Gasteiger partial charge is 0.262 e. The van der Waals surface area contributed by atoms with Crippen LogP contribution >= 0.6 is 27.5 Å². The second kappa shape index (κ2) is 4.39. The summed E-state index contributed by atoms with van der Waals surface area (Å²) in [5.41, 5.74) is 1.20. The lowest BCUT2D eigenvalue weighted by molar-refractivity contribution is 0.829. The van der Waals surface area contributed by atoms with Crippen molar-refractivity contribution in [1.29, 1.82) is 0 Å². The molecule has 0 amide bonds. The van der Waals surface area contributed by atoms with E-state index in [1.807, 2.05) is 24.3 Å². The monoisotopic (exact) mass is 298 g/mol. The van der Waals surface area contributed by atoms with Crippen molar-refractivity contribution in [3.63, 3.8) is 0 Å². The predicted octanol–water partition coefficient (Wildman–Crippen LogP) is 2.86. The van der Waals surface area contributed by atoms with Crippen LogP contribution in [-0.2, 0) is 7.05 Å². The number of hydrogen-bond acceptors (Lipinski definition) is 2. The van der Waals surface area contributed by atoms with Crippen LogP contribution in [0.15, 0.2) is 39.7 Å². The molecule has 82 valence electrons. The number of benzene rings is 1. The van der Waals surface area contributed by atoms with E-state index in [2.05, 4.69) is 20.9 Å². The summed E-state index contributed by atoms with van der Waals surface area (Å²) in [6.07, 6.45) is 1.49. The maximum atomic E-state index is 11.9. The molecule has 0 bridgehead atoms. The Morgan fingerprint density at radius 1 is 1.44 bits per heavy atom. The highest BCUT2D eigenvalue weighted by Crippen LogP contribution is 2.20. The average Bonchev–Trinajstić information content (AvgIpc) is 2.26. The molecule has 5 heteroatoms. The fourth-order valence-electron chi connectivity index (χ4n) is 1.38. The molecule has 0 aliphatic rings. The summed E-state index contributed by atoms with van der Waals surface area (Å²) in [4.78, 5) is 15.9. The molecular formula is C11H8BrClN2O. The van der Waals surface area contributed by atoms with Crippen molar-refractivity contribution < 1.29 is 0 Å². The van der Waals surface area contributed by atoms with Crippen molar-refractivity contribution in [2.24, 2.45) is 7.05 Å². The number of halogens is 2. The van der Waals surface area contributed by atoms with Gasteiger partial charge in [-0.2, -0.15) is 0 Å². The lowest BCUT2D eigenvalue weighted by atomic mass is 10.1. The molecule has 2 rings (SSSR count). The number of aromatic nitrogens is 2. The van der Waals surface area contributed by atoms with Crippen molar-refractivity contribution in [3.05, 3.63) is 50.6 Å². The zero-order chi connectivity index (χ0) is 11.7. The maximum absolute atomic E-state index is 11.9. The van der Waals surface area contributed by atoms with Gasteiger partial charge in [-0.25, -0.2) is 4.98 Å². The van der Waals surface area contributed by atoms with Crippen LogP contribution < -0.4 is 5.56 Å². The molecule has 0 atom stereocenters. The maximum Gasteiger partial charge on any atom is 0.262 e. The fourth-order valence-corrected chi connectivity index (χ4v) is 1.90. The van der Waals surface area contributed by atoms with Gasteiger partial charge in [0.15, 0.2) is 0 Å². The second-order valence-electron chi connectivity index (χ2n) is 3.32. The quantitative estimate of drug-likeness (QED) is 0.759. The fraction of sp³-hybridized carbons (Fsp3) is 0.0909. The molecule has 1 aromatic heterocycles. The van der Waals surface area contributed by atoms with E-state index in [4.69, 9.17) is 11.6 Å². The highest BCUT2D eigenvalue weighted by molar-refractivity contribution is 9.10. The van der Waals surface area contributed by atoms with Gasteiger partial charge in [-0.3, -0.25) is 9.36 Å². The topological polar surface area (TPSA) is 34.9 Å². The Balaban J connectivity index is 2.66. The molecule has 0 unspecified atom stereocenters. The van der Waals surface area contributed by atoms with Crippen LogP contribution in [0.4, 0.5) is 0 Å². The van der Waals surface area contributed by atoms with E-state index in [-0.39, 0.29) is 10.8 Å². The van der Waals surface area contributed by atoms with Crippen molar-refractivity contribution >= 4 is 27.5 Å². The average molecular weight is 300 g/mol. The van der Waals surface area contributed by atoms with Gasteiger partial charge in [0, 0.05) is 17.7 Å². The minimum absolute atomic E-state index is 0.155. The van der Waals surface area contributed by atoms with Crippen molar-refractivity contribution in [2.45, 2.75) is 0 Å². The summed E-state index contributed by atoms with van der Waals surface area (Å²) >= 11 is 9.11. The highest BCUT2D eigenvalue weighted by Gasteiger charge is 2.07. The van der Waals surface area contributed by atoms with E-state index < -0.39 is 0 Å². The Morgan fingerprint density at radius 2 is 2.19 bits per heavy atom. The van der Waals surface area contributed by atoms with Crippen LogP contribution in [0.3, 0.4) is 0 Å². The van der Waals surface area contributed by atoms with Crippen LogP contribution in [0.5, 0.6) is 0 Å². The van der Waals surface area contributed by atoms with Gasteiger partial charge in [0.05, 0.1) is 5.56 Å². The molecule has 0 fully saturated rings. The highest BCUT2D eigenvalue weighted by atomic mass is 79.9. The number of hydrogen-bond donors (Lipinski definition) is 0. The van der Waals surface area contributed by atoms with Gasteiger partial charge in [0.25, 0.3) is 5.56 Å². The molecule has 0 N–H and O–H groups in total. The van der Waals surface area contributed by atoms with E-state index >= 15 is 0 Å². The third-order valence-electron chi connectivity index (χ3n) is 2.25. The SMILES string of the molecule is Cn1c(Cl)ncc(-c2cccc(Br)c2)c1=O. The standard InChI is InChI=1S/C11H8BrClN2O/c1-15-10(16)9(6-14-11(15)13)7-3-2-4-8(12)5-7/h2-6H,1H3. The van der Waals surface area contributed by atoms with Crippen molar-refractivity contribution in [1.82, 2.24) is 9.55 Å². The first-order valence-corrected chi connectivity index (χ1v) is 5.74. The number of rotatable bonds is 1. The third kappa shape index (κ3) is 2.03. The van der Waals surface area contributed by atoms with Gasteiger partial charge in [-0.05, 0) is 29.3 Å². The van der Waals surface area contributed by atoms with E-state index in [9.17, 15) is 4.79 Å². The van der Waals surface area contributed by atoms with E-state index in [1.54, 1.807) is 7.05 Å². The lowest BCUT2D eigenvalue weighted by Gasteiger charge is -2.04. The zero-order valence-electron chi connectivity index (χ0n) is 8.45. The Bertz CT molecular complexity index is 595. The van der Waals surface area contributed by atoms with Gasteiger partial charge in [0.2, 0.25) is 5.28 Å². The first-order valence-electron chi connectivity index (χ1n) is 4.57. The summed E-state index contributed by atoms with van der Waals surface area (Å²) in [5.74, 6) is 0. The summed E-state index contributed by atoms with van der Waals surface area (Å²) in [6, 6.07) is 7.49. The molecule has 0 saturated carbocycles. The summed E-state index contributed by atoms with van der Waals surface area (Å²) in [5, 5.41) is 0.184. The lowest BCUT2D eigenvalue weighted by Crippen LogP contribution is -2.20. The normalized spacial score (nSPS) is 10.4. The zero-order valence-corrected chi connectivity index (χ0v) is 10.8. The summed E-state index contributed by atoms with van der Waals surface area (Å²) in [6.45, 7) is 0. The Hall–Kier alpha value is -1.13. The van der Waals surface area contributed by atoms with E-state index in [0.29, 0.717) is 5.56 Å². The largest absolute Gasteiger partial charge is 0.286 e. The van der Waals surface area contributed by atoms with Crippen LogP contribution in [0.25, 0.3) is 11.1 Å². The molecule has 0 radical (unpaired) electrons. The van der Waals surface area contributed by atoms with Gasteiger partial charge in [-0.15, -0.1) is 0 Å². The molecule has 0 saturated heterocycles. The first kappa shape index (κ1) is 11.4. The van der Waals surface area contributed by atoms with Gasteiger partial charge < -0.3 is 0 Å². The minimum atomic E-state index is -0.155. The van der Waals surface area contributed by atoms with E-state index in [0.717, 1.165) is 10.0 Å². The number of nitrogens with zero attached hydrogens (tertiary/aromatic N) is 2. The Labute approximate surface area is 106 Å². The molecule has 0 aliphatic heterocycles. The Morgan fingerprint density at radius 3 is 2.88 bits per heavy atom. The third-order valence-corrected chi connectivity index (χ3v) is 3.09. The second-order valence-corrected chi connectivity index (χ2v) is 4.57. The van der Waals surface area contributed by atoms with Crippen LogP contribution in [0, 0.1) is 0 Å². The summed E-state index contributed by atoms with van der Waals surface area (Å²) in [7, 11) is 1.60. The molecule has 16 heavy (non-hydrogen) atoms. The first-order chi connectivity index (χ1) is 7.59. The molecule has 0 aliphatic carbocycles. The molecule has 3 nitrogen and oxygen atoms in total. The van der Waals surface area contributed by atoms with Gasteiger partial charge in [-0.1, -0.05) is 28.1 Å². The molecule has 0 spiro atoms. The van der Waals surface area contributed by atoms with E-state index in [1.165, 1.54) is 10.8 Å².